The predicted octanol–water partition coefficient (Wildman–Crippen LogP) is 3.23. The van der Waals surface area contributed by atoms with Crippen molar-refractivity contribution in [2.24, 2.45) is 5.73 Å². The van der Waals surface area contributed by atoms with Gasteiger partial charge in [-0.25, -0.2) is 4.98 Å². The molecule has 1 heterocycles. The molecular weight excluding hydrogens is 482 g/mol. The van der Waals surface area contributed by atoms with E-state index in [-0.39, 0.29) is 42.8 Å². The average Bonchev–Trinajstić information content (AvgIpc) is 3.38. The van der Waals surface area contributed by atoms with E-state index in [0.29, 0.717) is 28.3 Å². The molecule has 38 heavy (non-hydrogen) atoms. The zero-order chi connectivity index (χ0) is 27.2. The van der Waals surface area contributed by atoms with Gasteiger partial charge in [0.25, 0.3) is 5.56 Å². The summed E-state index contributed by atoms with van der Waals surface area (Å²) in [5, 5.41) is 13.4. The molecule has 7 N–H and O–H groups in total. The molecule has 0 aliphatic heterocycles. The number of nitrogens with zero attached hydrogens (tertiary/aromatic N) is 2. The summed E-state index contributed by atoms with van der Waals surface area (Å²) < 4.78 is 7.56. The van der Waals surface area contributed by atoms with Gasteiger partial charge in [-0.2, -0.15) is 0 Å². The van der Waals surface area contributed by atoms with Crippen LogP contribution in [0.5, 0.6) is 5.75 Å². The van der Waals surface area contributed by atoms with E-state index in [2.05, 4.69) is 15.6 Å². The third-order valence-corrected chi connectivity index (χ3v) is 6.37. The van der Waals surface area contributed by atoms with E-state index >= 15 is 0 Å². The first kappa shape index (κ1) is 26.7. The molecule has 1 aliphatic carbocycles. The minimum absolute atomic E-state index is 0.0138. The van der Waals surface area contributed by atoms with Gasteiger partial charge in [0, 0.05) is 35.5 Å². The Labute approximate surface area is 221 Å². The average molecular weight is 518 g/mol. The van der Waals surface area contributed by atoms with Gasteiger partial charge in [0.05, 0.1) is 18.0 Å². The molecule has 1 fully saturated rings. The quantitative estimate of drug-likeness (QED) is 0.157. The summed E-state index contributed by atoms with van der Waals surface area (Å²) in [6, 6.07) is 12.4. The lowest BCUT2D eigenvalue weighted by Crippen LogP contribution is -2.35. The van der Waals surface area contributed by atoms with Crippen LogP contribution in [0.2, 0.25) is 0 Å². The van der Waals surface area contributed by atoms with Crippen molar-refractivity contribution in [1.82, 2.24) is 14.9 Å². The van der Waals surface area contributed by atoms with Crippen molar-refractivity contribution in [3.05, 3.63) is 70.1 Å². The Balaban J connectivity index is 1.60. The summed E-state index contributed by atoms with van der Waals surface area (Å²) >= 11 is 0. The third-order valence-electron chi connectivity index (χ3n) is 6.37. The maximum absolute atomic E-state index is 13.4. The molecule has 10 heteroatoms. The first-order chi connectivity index (χ1) is 18.2. The van der Waals surface area contributed by atoms with Crippen molar-refractivity contribution in [2.45, 2.75) is 64.8 Å². The molecule has 1 aliphatic rings. The number of anilines is 2. The van der Waals surface area contributed by atoms with Gasteiger partial charge in [-0.3, -0.25) is 19.6 Å². The maximum atomic E-state index is 13.4. The molecule has 0 atom stereocenters. The Kier molecular flexibility index (Phi) is 8.30. The van der Waals surface area contributed by atoms with Crippen LogP contribution in [0.15, 0.2) is 53.5 Å². The van der Waals surface area contributed by atoms with Gasteiger partial charge < -0.3 is 26.8 Å². The summed E-state index contributed by atoms with van der Waals surface area (Å²) in [5.74, 6) is 0.447. The molecule has 0 radical (unpaired) electrons. The predicted molar refractivity (Wildman–Crippen MR) is 149 cm³/mol. The number of rotatable bonds is 10. The molecule has 0 unspecified atom stereocenters. The lowest BCUT2D eigenvalue weighted by molar-refractivity contribution is -0.121. The number of hydrogen-bond donors (Lipinski definition) is 5. The van der Waals surface area contributed by atoms with Crippen molar-refractivity contribution in [3.8, 4) is 17.0 Å². The molecule has 0 spiro atoms. The number of aromatic nitrogens is 2. The number of benzene rings is 2. The zero-order valence-electron chi connectivity index (χ0n) is 21.8. The van der Waals surface area contributed by atoms with Crippen molar-refractivity contribution < 1.29 is 9.53 Å². The molecule has 10 nitrogen and oxygen atoms in total. The van der Waals surface area contributed by atoms with Gasteiger partial charge in [-0.05, 0) is 57.2 Å². The summed E-state index contributed by atoms with van der Waals surface area (Å²) in [4.78, 5) is 30.8. The molecule has 1 saturated carbocycles. The van der Waals surface area contributed by atoms with E-state index in [1.54, 1.807) is 42.6 Å². The molecule has 0 bridgehead atoms. The topological polar surface area (TPSA) is 161 Å². The Morgan fingerprint density at radius 2 is 1.89 bits per heavy atom. The highest BCUT2D eigenvalue weighted by molar-refractivity contribution is 5.94. The Morgan fingerprint density at radius 3 is 2.55 bits per heavy atom. The van der Waals surface area contributed by atoms with E-state index in [9.17, 15) is 9.59 Å². The summed E-state index contributed by atoms with van der Waals surface area (Å²) in [5.41, 5.74) is 14.4. The monoisotopic (exact) mass is 517 g/mol. The smallest absolute Gasteiger partial charge is 0.294 e. The van der Waals surface area contributed by atoms with Gasteiger partial charge in [0.1, 0.15) is 18.1 Å². The first-order valence-corrected chi connectivity index (χ1v) is 12.8. The lowest BCUT2D eigenvalue weighted by atomic mass is 10.1. The highest BCUT2D eigenvalue weighted by atomic mass is 16.5. The Hall–Kier alpha value is -4.34. The number of nitrogens with one attached hydrogen (secondary N) is 3. The number of amidine groups is 1. The molecule has 1 amide bonds. The van der Waals surface area contributed by atoms with Crippen molar-refractivity contribution in [3.63, 3.8) is 0 Å². The van der Waals surface area contributed by atoms with Crippen LogP contribution in [0.4, 0.5) is 11.5 Å². The highest BCUT2D eigenvalue weighted by Crippen LogP contribution is 2.30. The fraction of sp³-hybridized carbons (Fsp3) is 0.357. The normalized spacial score (nSPS) is 13.4. The summed E-state index contributed by atoms with van der Waals surface area (Å²) in [6.45, 7) is 3.88. The Morgan fingerprint density at radius 1 is 1.18 bits per heavy atom. The van der Waals surface area contributed by atoms with Crippen LogP contribution < -0.4 is 32.4 Å². The molecule has 2 aromatic carbocycles. The minimum Gasteiger partial charge on any atom is -0.490 e. The molecule has 3 aromatic rings. The van der Waals surface area contributed by atoms with Crippen LogP contribution in [-0.2, 0) is 17.9 Å². The molecular formula is C28H35N7O3. The fourth-order valence-corrected chi connectivity index (χ4v) is 4.49. The van der Waals surface area contributed by atoms with E-state index in [1.807, 2.05) is 19.9 Å². The number of carbonyl (C=O) groups is 1. The van der Waals surface area contributed by atoms with Crippen molar-refractivity contribution >= 4 is 23.2 Å². The molecule has 200 valence electrons. The second-order valence-electron chi connectivity index (χ2n) is 9.88. The second-order valence-corrected chi connectivity index (χ2v) is 9.88. The molecule has 1 aromatic heterocycles. The van der Waals surface area contributed by atoms with Gasteiger partial charge in [-0.15, -0.1) is 0 Å². The largest absolute Gasteiger partial charge is 0.490 e. The fourth-order valence-electron chi connectivity index (χ4n) is 4.49. The van der Waals surface area contributed by atoms with E-state index in [0.717, 1.165) is 31.2 Å². The Bertz CT molecular complexity index is 1360. The lowest BCUT2D eigenvalue weighted by Gasteiger charge is -2.18. The summed E-state index contributed by atoms with van der Waals surface area (Å²) in [6.07, 6.45) is 6.02. The van der Waals surface area contributed by atoms with Crippen molar-refractivity contribution in [1.29, 1.82) is 5.41 Å². The van der Waals surface area contributed by atoms with E-state index in [1.165, 1.54) is 4.57 Å². The highest BCUT2D eigenvalue weighted by Gasteiger charge is 2.19. The van der Waals surface area contributed by atoms with Gasteiger partial charge in [0.2, 0.25) is 5.91 Å². The SMILES string of the molecule is CC(C)Nc1ncc(-c2cc(N)cc(OC3CCCC3)c2)n(CC(=O)NCc2ccc(C(=N)N)cc2)c1=O. The summed E-state index contributed by atoms with van der Waals surface area (Å²) in [7, 11) is 0. The number of nitrogens with two attached hydrogens (primary N) is 2. The number of nitrogen functional groups attached to an aromatic ring is 2. The van der Waals surface area contributed by atoms with Gasteiger partial charge in [0.15, 0.2) is 5.82 Å². The van der Waals surface area contributed by atoms with Gasteiger partial charge in [-0.1, -0.05) is 24.3 Å². The number of amides is 1. The second kappa shape index (κ2) is 11.8. The van der Waals surface area contributed by atoms with Crippen LogP contribution in [0, 0.1) is 5.41 Å². The third kappa shape index (κ3) is 6.70. The van der Waals surface area contributed by atoms with Crippen molar-refractivity contribution in [2.75, 3.05) is 11.1 Å². The standard InChI is InChI=1S/C28H35N7O3/c1-17(2)34-27-28(37)35(16-25(36)32-14-18-7-9-19(10-8-18)26(30)31)24(15-33-27)20-11-21(29)13-23(12-20)38-22-5-3-4-6-22/h7-13,15,17,22H,3-6,14,16,29H2,1-2H3,(H3,30,31)(H,32,36)(H,33,34). The van der Waals surface area contributed by atoms with Gasteiger partial charge >= 0.3 is 0 Å². The van der Waals surface area contributed by atoms with Crippen LogP contribution in [0.25, 0.3) is 11.3 Å². The van der Waals surface area contributed by atoms with Crippen LogP contribution in [0.3, 0.4) is 0 Å². The van der Waals surface area contributed by atoms with Crippen LogP contribution in [0.1, 0.15) is 50.7 Å². The first-order valence-electron chi connectivity index (χ1n) is 12.8. The van der Waals surface area contributed by atoms with E-state index in [4.69, 9.17) is 21.6 Å². The number of hydrogen-bond acceptors (Lipinski definition) is 7. The minimum atomic E-state index is -0.405. The number of carbonyl (C=O) groups excluding carboxylic acids is 1. The maximum Gasteiger partial charge on any atom is 0.294 e. The van der Waals surface area contributed by atoms with E-state index < -0.39 is 5.56 Å². The molecule has 4 rings (SSSR count). The number of ether oxygens (including phenoxy) is 1. The molecule has 0 saturated heterocycles. The van der Waals surface area contributed by atoms with Crippen LogP contribution in [-0.4, -0.2) is 33.4 Å². The zero-order valence-corrected chi connectivity index (χ0v) is 21.8. The van der Waals surface area contributed by atoms with Crippen LogP contribution >= 0.6 is 0 Å².